The Morgan fingerprint density at radius 3 is 2.56 bits per heavy atom. The molecule has 0 saturated carbocycles. The molecule has 0 aliphatic rings. The molecule has 0 aliphatic carbocycles. The van der Waals surface area contributed by atoms with Gasteiger partial charge in [0.2, 0.25) is 11.6 Å². The molecule has 27 heavy (non-hydrogen) atoms. The maximum Gasteiger partial charge on any atom is 0.311 e. The molecule has 1 aromatic carbocycles. The van der Waals surface area contributed by atoms with Crippen molar-refractivity contribution in [2.75, 3.05) is 13.1 Å². The van der Waals surface area contributed by atoms with Crippen molar-refractivity contribution in [3.05, 3.63) is 50.6 Å². The Kier molecular flexibility index (Phi) is 5.67. The SMILES string of the molecule is CC[NH+](CC)Cc1nc(Oc2ccccc2[N+](=O)[O-])c2c(C)c(C)sc2n1. The number of nitrogens with zero attached hydrogens (tertiary/aromatic N) is 3. The van der Waals surface area contributed by atoms with E-state index in [-0.39, 0.29) is 11.4 Å². The van der Waals surface area contributed by atoms with E-state index < -0.39 is 4.92 Å². The van der Waals surface area contributed by atoms with Crippen LogP contribution in [0.2, 0.25) is 0 Å². The Morgan fingerprint density at radius 1 is 1.19 bits per heavy atom. The van der Waals surface area contributed by atoms with Crippen molar-refractivity contribution in [3.8, 4) is 11.6 Å². The van der Waals surface area contributed by atoms with E-state index in [0.29, 0.717) is 18.2 Å². The van der Waals surface area contributed by atoms with Crippen molar-refractivity contribution in [2.24, 2.45) is 0 Å². The maximum atomic E-state index is 11.3. The molecule has 8 heteroatoms. The number of hydrogen-bond acceptors (Lipinski definition) is 6. The summed E-state index contributed by atoms with van der Waals surface area (Å²) in [5, 5.41) is 12.2. The highest BCUT2D eigenvalue weighted by Gasteiger charge is 2.21. The van der Waals surface area contributed by atoms with Crippen LogP contribution >= 0.6 is 11.3 Å². The molecule has 0 fully saturated rings. The number of nitro groups is 1. The summed E-state index contributed by atoms with van der Waals surface area (Å²) >= 11 is 1.60. The summed E-state index contributed by atoms with van der Waals surface area (Å²) in [6.45, 7) is 10.9. The van der Waals surface area contributed by atoms with Crippen LogP contribution in [-0.4, -0.2) is 28.0 Å². The average Bonchev–Trinajstić information content (AvgIpc) is 2.94. The van der Waals surface area contributed by atoms with E-state index in [0.717, 1.165) is 33.7 Å². The van der Waals surface area contributed by atoms with Crippen molar-refractivity contribution < 1.29 is 14.6 Å². The van der Waals surface area contributed by atoms with Crippen LogP contribution in [0.1, 0.15) is 30.1 Å². The number of nitrogens with one attached hydrogen (secondary N) is 1. The van der Waals surface area contributed by atoms with Gasteiger partial charge in [0.05, 0.1) is 23.4 Å². The van der Waals surface area contributed by atoms with Gasteiger partial charge in [0.15, 0.2) is 5.82 Å². The third-order valence-electron chi connectivity index (χ3n) is 4.72. The Hall–Kier alpha value is -2.58. The van der Waals surface area contributed by atoms with Crippen LogP contribution < -0.4 is 9.64 Å². The van der Waals surface area contributed by atoms with Gasteiger partial charge in [-0.15, -0.1) is 11.3 Å². The number of fused-ring (bicyclic) bond motifs is 1. The minimum atomic E-state index is -0.444. The summed E-state index contributed by atoms with van der Waals surface area (Å²) in [4.78, 5) is 23.6. The molecule has 0 bridgehead atoms. The first-order valence-corrected chi connectivity index (χ1v) is 9.77. The summed E-state index contributed by atoms with van der Waals surface area (Å²) < 4.78 is 5.97. The van der Waals surface area contributed by atoms with Gasteiger partial charge in [-0.25, -0.2) is 4.98 Å². The van der Waals surface area contributed by atoms with Gasteiger partial charge < -0.3 is 9.64 Å². The van der Waals surface area contributed by atoms with E-state index in [2.05, 4.69) is 18.8 Å². The average molecular weight is 387 g/mol. The molecule has 0 aliphatic heterocycles. The van der Waals surface area contributed by atoms with Crippen molar-refractivity contribution in [2.45, 2.75) is 34.2 Å². The number of aryl methyl sites for hydroxylation is 2. The van der Waals surface area contributed by atoms with Gasteiger partial charge >= 0.3 is 5.69 Å². The van der Waals surface area contributed by atoms with Gasteiger partial charge in [0.25, 0.3) is 0 Å². The van der Waals surface area contributed by atoms with Crippen LogP contribution in [0.3, 0.4) is 0 Å². The molecule has 1 N–H and O–H groups in total. The van der Waals surface area contributed by atoms with Crippen molar-refractivity contribution >= 4 is 27.2 Å². The van der Waals surface area contributed by atoms with Crippen LogP contribution in [0.25, 0.3) is 10.2 Å². The Bertz CT molecular complexity index is 982. The highest BCUT2D eigenvalue weighted by molar-refractivity contribution is 7.18. The zero-order chi connectivity index (χ0) is 19.6. The lowest BCUT2D eigenvalue weighted by molar-refractivity contribution is -0.910. The summed E-state index contributed by atoms with van der Waals surface area (Å²) in [6, 6.07) is 6.36. The number of thiophene rings is 1. The molecule has 0 amide bonds. The van der Waals surface area contributed by atoms with Gasteiger partial charge in [-0.05, 0) is 39.3 Å². The Balaban J connectivity index is 2.11. The zero-order valence-electron chi connectivity index (χ0n) is 15.9. The van der Waals surface area contributed by atoms with Gasteiger partial charge in [0.1, 0.15) is 11.4 Å². The van der Waals surface area contributed by atoms with E-state index in [9.17, 15) is 10.1 Å². The molecular formula is C19H23N4O3S+. The lowest BCUT2D eigenvalue weighted by atomic mass is 10.2. The fraction of sp³-hybridized carbons (Fsp3) is 0.368. The molecule has 142 valence electrons. The molecule has 3 rings (SSSR count). The van der Waals surface area contributed by atoms with Crippen LogP contribution in [0.5, 0.6) is 11.6 Å². The van der Waals surface area contributed by atoms with Crippen LogP contribution in [0, 0.1) is 24.0 Å². The fourth-order valence-electron chi connectivity index (χ4n) is 2.93. The predicted molar refractivity (Wildman–Crippen MR) is 106 cm³/mol. The summed E-state index contributed by atoms with van der Waals surface area (Å²) in [6.07, 6.45) is 0. The number of nitro benzene ring substituents is 1. The van der Waals surface area contributed by atoms with E-state index in [1.807, 2.05) is 13.8 Å². The molecule has 0 radical (unpaired) electrons. The number of benzene rings is 1. The standard InChI is InChI=1S/C19H22N4O3S/c1-5-22(6-2)11-16-20-18(17-12(3)13(4)27-19(17)21-16)26-15-10-8-7-9-14(15)23(24)25/h7-10H,5-6,11H2,1-4H3/p+1. The number of hydrogen-bond donors (Lipinski definition) is 1. The second kappa shape index (κ2) is 7.98. The van der Waals surface area contributed by atoms with Crippen molar-refractivity contribution in [1.29, 1.82) is 0 Å². The van der Waals surface area contributed by atoms with Crippen LogP contribution in [0.15, 0.2) is 24.3 Å². The van der Waals surface area contributed by atoms with Gasteiger partial charge in [-0.3, -0.25) is 10.1 Å². The van der Waals surface area contributed by atoms with Crippen molar-refractivity contribution in [3.63, 3.8) is 0 Å². The van der Waals surface area contributed by atoms with Crippen molar-refractivity contribution in [1.82, 2.24) is 9.97 Å². The van der Waals surface area contributed by atoms with Gasteiger partial charge in [0, 0.05) is 10.9 Å². The van der Waals surface area contributed by atoms with E-state index in [1.54, 1.807) is 29.5 Å². The molecule has 7 nitrogen and oxygen atoms in total. The lowest BCUT2D eigenvalue weighted by Gasteiger charge is -2.15. The second-order valence-corrected chi connectivity index (χ2v) is 7.57. The van der Waals surface area contributed by atoms with Crippen LogP contribution in [-0.2, 0) is 6.54 Å². The topological polar surface area (TPSA) is 82.6 Å². The monoisotopic (exact) mass is 387 g/mol. The first-order chi connectivity index (χ1) is 12.9. The van der Waals surface area contributed by atoms with Gasteiger partial charge in [-0.2, -0.15) is 4.98 Å². The largest absolute Gasteiger partial charge is 0.431 e. The normalized spacial score (nSPS) is 11.3. The molecule has 3 aromatic rings. The Morgan fingerprint density at radius 2 is 1.89 bits per heavy atom. The molecule has 2 heterocycles. The highest BCUT2D eigenvalue weighted by atomic mass is 32.1. The molecule has 0 spiro atoms. The molecule has 2 aromatic heterocycles. The van der Waals surface area contributed by atoms with E-state index >= 15 is 0 Å². The smallest absolute Gasteiger partial charge is 0.311 e. The minimum absolute atomic E-state index is 0.0789. The summed E-state index contributed by atoms with van der Waals surface area (Å²) in [7, 11) is 0. The van der Waals surface area contributed by atoms with E-state index in [1.165, 1.54) is 11.0 Å². The quantitative estimate of drug-likeness (QED) is 0.496. The number of quaternary nitrogens is 1. The fourth-order valence-corrected chi connectivity index (χ4v) is 3.97. The number of ether oxygens (including phenoxy) is 1. The summed E-state index contributed by atoms with van der Waals surface area (Å²) in [5.41, 5.74) is 0.968. The predicted octanol–water partition coefficient (Wildman–Crippen LogP) is 3.43. The maximum absolute atomic E-state index is 11.3. The lowest BCUT2D eigenvalue weighted by Crippen LogP contribution is -3.10. The third kappa shape index (κ3) is 3.91. The third-order valence-corrected chi connectivity index (χ3v) is 5.82. The number of rotatable bonds is 7. The second-order valence-electron chi connectivity index (χ2n) is 6.37. The van der Waals surface area contributed by atoms with Gasteiger partial charge in [-0.1, -0.05) is 12.1 Å². The first kappa shape index (κ1) is 19.2. The van der Waals surface area contributed by atoms with E-state index in [4.69, 9.17) is 9.72 Å². The number of para-hydroxylation sites is 2. The first-order valence-electron chi connectivity index (χ1n) is 8.96. The Labute approximate surface area is 161 Å². The minimum Gasteiger partial charge on any atom is -0.431 e. The molecule has 0 atom stereocenters. The number of aromatic nitrogens is 2. The summed E-state index contributed by atoms with van der Waals surface area (Å²) in [5.74, 6) is 1.26. The molecular weight excluding hydrogens is 364 g/mol. The molecule has 0 unspecified atom stereocenters. The molecule has 0 saturated heterocycles. The highest BCUT2D eigenvalue weighted by Crippen LogP contribution is 2.38. The zero-order valence-corrected chi connectivity index (χ0v) is 16.7. The van der Waals surface area contributed by atoms with Crippen LogP contribution in [0.4, 0.5) is 5.69 Å².